The SMILES string of the molecule is CCCOc1ccc(/C=C2/C(=O)NN(c3ccccc3)C2=O)c(OCCCC(=O)N2CCOCC2)c1C. The molecular weight excluding hydrogens is 474 g/mol. The van der Waals surface area contributed by atoms with E-state index in [0.29, 0.717) is 75.1 Å². The molecule has 37 heavy (non-hydrogen) atoms. The minimum Gasteiger partial charge on any atom is -0.493 e. The number of rotatable bonds is 10. The van der Waals surface area contributed by atoms with Crippen LogP contribution in [-0.2, 0) is 19.1 Å². The second kappa shape index (κ2) is 12.4. The van der Waals surface area contributed by atoms with Crippen LogP contribution in [0.4, 0.5) is 5.69 Å². The Morgan fingerprint density at radius 3 is 2.54 bits per heavy atom. The monoisotopic (exact) mass is 507 g/mol. The molecule has 2 heterocycles. The summed E-state index contributed by atoms with van der Waals surface area (Å²) in [6.45, 7) is 7.14. The fraction of sp³-hybridized carbons (Fsp3) is 0.393. The number of para-hydroxylation sites is 1. The molecule has 2 aliphatic heterocycles. The number of carbonyl (C=O) groups excluding carboxylic acids is 3. The van der Waals surface area contributed by atoms with Crippen LogP contribution in [0.3, 0.4) is 0 Å². The summed E-state index contributed by atoms with van der Waals surface area (Å²) in [6, 6.07) is 12.5. The third kappa shape index (κ3) is 6.29. The van der Waals surface area contributed by atoms with Crippen molar-refractivity contribution in [2.24, 2.45) is 0 Å². The van der Waals surface area contributed by atoms with E-state index in [1.54, 1.807) is 36.4 Å². The topological polar surface area (TPSA) is 97.4 Å². The summed E-state index contributed by atoms with van der Waals surface area (Å²) in [6.07, 6.45) is 3.31. The summed E-state index contributed by atoms with van der Waals surface area (Å²) in [4.78, 5) is 40.0. The van der Waals surface area contributed by atoms with Crippen molar-refractivity contribution >= 4 is 29.5 Å². The molecule has 0 radical (unpaired) electrons. The number of hydrogen-bond acceptors (Lipinski definition) is 6. The highest BCUT2D eigenvalue weighted by atomic mass is 16.5. The van der Waals surface area contributed by atoms with Gasteiger partial charge in [-0.05, 0) is 50.1 Å². The third-order valence-corrected chi connectivity index (χ3v) is 6.20. The number of nitrogens with zero attached hydrogens (tertiary/aromatic N) is 2. The molecule has 4 rings (SSSR count). The van der Waals surface area contributed by atoms with E-state index in [1.807, 2.05) is 30.9 Å². The maximum Gasteiger partial charge on any atom is 0.282 e. The van der Waals surface area contributed by atoms with E-state index in [4.69, 9.17) is 14.2 Å². The molecule has 0 bridgehead atoms. The number of nitrogens with one attached hydrogen (secondary N) is 1. The molecule has 3 amide bonds. The minimum atomic E-state index is -0.486. The number of benzene rings is 2. The molecule has 2 saturated heterocycles. The normalized spacial score (nSPS) is 16.8. The Hall–Kier alpha value is -3.85. The zero-order valence-corrected chi connectivity index (χ0v) is 21.3. The molecule has 9 nitrogen and oxygen atoms in total. The van der Waals surface area contributed by atoms with Gasteiger partial charge in [-0.15, -0.1) is 0 Å². The summed E-state index contributed by atoms with van der Waals surface area (Å²) < 4.78 is 17.3. The Bertz CT molecular complexity index is 1160. The van der Waals surface area contributed by atoms with Crippen molar-refractivity contribution in [3.63, 3.8) is 0 Å². The molecule has 9 heteroatoms. The van der Waals surface area contributed by atoms with Crippen molar-refractivity contribution in [2.75, 3.05) is 44.5 Å². The number of anilines is 1. The van der Waals surface area contributed by atoms with Crippen LogP contribution in [0.25, 0.3) is 6.08 Å². The van der Waals surface area contributed by atoms with Crippen LogP contribution < -0.4 is 19.9 Å². The molecule has 0 saturated carbocycles. The Morgan fingerprint density at radius 2 is 1.81 bits per heavy atom. The van der Waals surface area contributed by atoms with Crippen molar-refractivity contribution in [1.82, 2.24) is 10.3 Å². The third-order valence-electron chi connectivity index (χ3n) is 6.20. The zero-order chi connectivity index (χ0) is 26.2. The smallest absolute Gasteiger partial charge is 0.282 e. The van der Waals surface area contributed by atoms with E-state index in [1.165, 1.54) is 5.01 Å². The van der Waals surface area contributed by atoms with Crippen LogP contribution in [-0.4, -0.2) is 62.1 Å². The summed E-state index contributed by atoms with van der Waals surface area (Å²) >= 11 is 0. The molecule has 2 aliphatic rings. The van der Waals surface area contributed by atoms with E-state index in [0.717, 1.165) is 12.0 Å². The van der Waals surface area contributed by atoms with Gasteiger partial charge in [-0.3, -0.25) is 19.8 Å². The molecule has 0 unspecified atom stereocenters. The molecule has 0 atom stereocenters. The van der Waals surface area contributed by atoms with Gasteiger partial charge in [0.15, 0.2) is 0 Å². The van der Waals surface area contributed by atoms with Gasteiger partial charge in [0.2, 0.25) is 5.91 Å². The number of morpholine rings is 1. The van der Waals surface area contributed by atoms with Crippen LogP contribution in [0, 0.1) is 6.92 Å². The van der Waals surface area contributed by atoms with Gasteiger partial charge in [0, 0.05) is 30.6 Å². The second-order valence-electron chi connectivity index (χ2n) is 8.88. The van der Waals surface area contributed by atoms with Gasteiger partial charge >= 0.3 is 0 Å². The number of ether oxygens (including phenoxy) is 3. The van der Waals surface area contributed by atoms with Gasteiger partial charge < -0.3 is 19.1 Å². The molecule has 0 spiro atoms. The van der Waals surface area contributed by atoms with Gasteiger partial charge in [0.25, 0.3) is 11.8 Å². The first-order valence-electron chi connectivity index (χ1n) is 12.7. The Labute approximate surface area is 216 Å². The van der Waals surface area contributed by atoms with E-state index in [-0.39, 0.29) is 11.5 Å². The predicted octanol–water partition coefficient (Wildman–Crippen LogP) is 3.26. The van der Waals surface area contributed by atoms with E-state index in [2.05, 4.69) is 5.43 Å². The summed E-state index contributed by atoms with van der Waals surface area (Å²) in [5.41, 5.74) is 4.57. The molecule has 0 aromatic heterocycles. The summed E-state index contributed by atoms with van der Waals surface area (Å²) in [7, 11) is 0. The first kappa shape index (κ1) is 26.2. The number of hydrazine groups is 1. The zero-order valence-electron chi connectivity index (χ0n) is 21.3. The summed E-state index contributed by atoms with van der Waals surface area (Å²) in [5, 5.41) is 1.23. The lowest BCUT2D eigenvalue weighted by Gasteiger charge is -2.26. The van der Waals surface area contributed by atoms with Gasteiger partial charge in [0.1, 0.15) is 17.1 Å². The fourth-order valence-corrected chi connectivity index (χ4v) is 4.21. The first-order chi connectivity index (χ1) is 18.0. The molecule has 2 aromatic rings. The highest BCUT2D eigenvalue weighted by Gasteiger charge is 2.34. The predicted molar refractivity (Wildman–Crippen MR) is 139 cm³/mol. The van der Waals surface area contributed by atoms with Crippen molar-refractivity contribution in [3.05, 3.63) is 59.2 Å². The summed E-state index contributed by atoms with van der Waals surface area (Å²) in [5.74, 6) is 0.359. The lowest BCUT2D eigenvalue weighted by Crippen LogP contribution is -2.40. The van der Waals surface area contributed by atoms with Crippen LogP contribution in [0.2, 0.25) is 0 Å². The lowest BCUT2D eigenvalue weighted by atomic mass is 10.0. The average Bonchev–Trinajstić information content (AvgIpc) is 3.21. The van der Waals surface area contributed by atoms with Crippen molar-refractivity contribution < 1.29 is 28.6 Å². The molecule has 2 fully saturated rings. The van der Waals surface area contributed by atoms with Gasteiger partial charge in [0.05, 0.1) is 32.1 Å². The molecule has 0 aliphatic carbocycles. The number of hydrogen-bond donors (Lipinski definition) is 1. The van der Waals surface area contributed by atoms with E-state index < -0.39 is 11.8 Å². The second-order valence-corrected chi connectivity index (χ2v) is 8.88. The first-order valence-corrected chi connectivity index (χ1v) is 12.7. The van der Waals surface area contributed by atoms with Gasteiger partial charge in [-0.25, -0.2) is 5.01 Å². The standard InChI is InChI=1S/C28H33N3O6/c1-3-15-36-24-12-11-21(19-23-27(33)29-31(28(23)34)22-8-5-4-6-9-22)26(20(24)2)37-16-7-10-25(32)30-13-17-35-18-14-30/h4-6,8-9,11-12,19H,3,7,10,13-18H2,1-2H3,(H,29,33)/b23-19-. The Kier molecular flexibility index (Phi) is 8.79. The van der Waals surface area contributed by atoms with Crippen molar-refractivity contribution in [2.45, 2.75) is 33.1 Å². The van der Waals surface area contributed by atoms with Crippen LogP contribution in [0.1, 0.15) is 37.3 Å². The highest BCUT2D eigenvalue weighted by Crippen LogP contribution is 2.34. The minimum absolute atomic E-state index is 0.0119. The van der Waals surface area contributed by atoms with Crippen LogP contribution in [0.15, 0.2) is 48.0 Å². The number of carbonyl (C=O) groups is 3. The van der Waals surface area contributed by atoms with Crippen molar-refractivity contribution in [1.29, 1.82) is 0 Å². The fourth-order valence-electron chi connectivity index (χ4n) is 4.21. The van der Waals surface area contributed by atoms with E-state index >= 15 is 0 Å². The lowest BCUT2D eigenvalue weighted by molar-refractivity contribution is -0.135. The molecular formula is C28H33N3O6. The average molecular weight is 508 g/mol. The highest BCUT2D eigenvalue weighted by molar-refractivity contribution is 6.31. The maximum absolute atomic E-state index is 13.1. The number of amides is 3. The Balaban J connectivity index is 1.52. The largest absolute Gasteiger partial charge is 0.493 e. The van der Waals surface area contributed by atoms with E-state index in [9.17, 15) is 14.4 Å². The van der Waals surface area contributed by atoms with Gasteiger partial charge in [-0.2, -0.15) is 0 Å². The van der Waals surface area contributed by atoms with Crippen LogP contribution in [0.5, 0.6) is 11.5 Å². The van der Waals surface area contributed by atoms with Gasteiger partial charge in [-0.1, -0.05) is 25.1 Å². The molecule has 196 valence electrons. The van der Waals surface area contributed by atoms with Crippen molar-refractivity contribution in [3.8, 4) is 11.5 Å². The van der Waals surface area contributed by atoms with Crippen LogP contribution >= 0.6 is 0 Å². The molecule has 1 N–H and O–H groups in total. The quantitative estimate of drug-likeness (QED) is 0.301. The maximum atomic E-state index is 13.1. The molecule has 2 aromatic carbocycles. The Morgan fingerprint density at radius 1 is 1.05 bits per heavy atom.